The Bertz CT molecular complexity index is 994. The van der Waals surface area contributed by atoms with Crippen LogP contribution < -0.4 is 4.72 Å². The topological polar surface area (TPSA) is 96.3 Å². The maximum atomic E-state index is 12.4. The van der Waals surface area contributed by atoms with E-state index in [0.717, 1.165) is 12.8 Å². The van der Waals surface area contributed by atoms with Crippen molar-refractivity contribution < 1.29 is 17.9 Å². The van der Waals surface area contributed by atoms with Crippen LogP contribution in [0.2, 0.25) is 5.02 Å². The Morgan fingerprint density at radius 2 is 2.00 bits per heavy atom. The number of carbonyl (C=O) groups excluding carboxylic acids is 1. The molecule has 134 valence electrons. The molecule has 1 N–H and O–H groups in total. The van der Waals surface area contributed by atoms with Gasteiger partial charge in [-0.15, -0.1) is 0 Å². The lowest BCUT2D eigenvalue weighted by molar-refractivity contribution is 0.0472. The quantitative estimate of drug-likeness (QED) is 0.765. The number of rotatable bonds is 6. The van der Waals surface area contributed by atoms with Crippen molar-refractivity contribution in [2.45, 2.75) is 30.4 Å². The van der Waals surface area contributed by atoms with Crippen molar-refractivity contribution in [3.05, 3.63) is 64.2 Å². The second kappa shape index (κ2) is 7.46. The zero-order valence-electron chi connectivity index (χ0n) is 13.6. The van der Waals surface area contributed by atoms with E-state index >= 15 is 0 Å². The highest BCUT2D eigenvalue weighted by atomic mass is 35.5. The van der Waals surface area contributed by atoms with E-state index in [1.54, 1.807) is 24.3 Å². The van der Waals surface area contributed by atoms with Crippen molar-refractivity contribution in [2.24, 2.45) is 0 Å². The highest BCUT2D eigenvalue weighted by Gasteiger charge is 2.29. The van der Waals surface area contributed by atoms with Gasteiger partial charge in [0.15, 0.2) is 0 Å². The number of hydrogen-bond donors (Lipinski definition) is 1. The van der Waals surface area contributed by atoms with Gasteiger partial charge in [-0.2, -0.15) is 5.26 Å². The molecule has 0 saturated heterocycles. The summed E-state index contributed by atoms with van der Waals surface area (Å²) < 4.78 is 32.5. The standard InChI is InChI=1S/C18H15ClN2O4S/c19-16-8-5-12(9-17(16)26(23,24)21-15-6-7-15)18(22)25-11-14-4-2-1-3-13(14)10-20/h1-5,8-9,15,21H,6-7,11H2. The number of hydrogen-bond acceptors (Lipinski definition) is 5. The zero-order chi connectivity index (χ0) is 18.7. The summed E-state index contributed by atoms with van der Waals surface area (Å²) in [6.45, 7) is -0.0897. The number of carbonyl (C=O) groups is 1. The molecule has 0 aromatic heterocycles. The van der Waals surface area contributed by atoms with Gasteiger partial charge in [0, 0.05) is 11.6 Å². The molecule has 26 heavy (non-hydrogen) atoms. The maximum Gasteiger partial charge on any atom is 0.338 e. The number of sulfonamides is 1. The smallest absolute Gasteiger partial charge is 0.338 e. The largest absolute Gasteiger partial charge is 0.457 e. The van der Waals surface area contributed by atoms with E-state index in [0.29, 0.717) is 11.1 Å². The van der Waals surface area contributed by atoms with Gasteiger partial charge >= 0.3 is 5.97 Å². The van der Waals surface area contributed by atoms with Crippen LogP contribution in [-0.2, 0) is 21.4 Å². The normalized spacial score (nSPS) is 13.8. The molecule has 1 aliphatic carbocycles. The lowest BCUT2D eigenvalue weighted by atomic mass is 10.1. The van der Waals surface area contributed by atoms with Gasteiger partial charge in [-0.3, -0.25) is 0 Å². The minimum atomic E-state index is -3.79. The van der Waals surface area contributed by atoms with Gasteiger partial charge in [-0.1, -0.05) is 29.8 Å². The van der Waals surface area contributed by atoms with E-state index in [1.807, 2.05) is 6.07 Å². The van der Waals surface area contributed by atoms with Crippen LogP contribution in [0, 0.1) is 11.3 Å². The van der Waals surface area contributed by atoms with E-state index in [1.165, 1.54) is 18.2 Å². The van der Waals surface area contributed by atoms with Gasteiger partial charge in [0.1, 0.15) is 11.5 Å². The first-order valence-corrected chi connectivity index (χ1v) is 9.74. The summed E-state index contributed by atoms with van der Waals surface area (Å²) >= 11 is 5.99. The van der Waals surface area contributed by atoms with Crippen LogP contribution in [0.4, 0.5) is 0 Å². The Kier molecular flexibility index (Phi) is 5.28. The van der Waals surface area contributed by atoms with Gasteiger partial charge in [-0.25, -0.2) is 17.9 Å². The van der Waals surface area contributed by atoms with Crippen LogP contribution in [0.5, 0.6) is 0 Å². The highest BCUT2D eigenvalue weighted by molar-refractivity contribution is 7.89. The molecule has 1 fully saturated rings. The summed E-state index contributed by atoms with van der Waals surface area (Å²) in [5.41, 5.74) is 1.05. The highest BCUT2D eigenvalue weighted by Crippen LogP contribution is 2.27. The molecule has 0 radical (unpaired) electrons. The third-order valence-electron chi connectivity index (χ3n) is 3.85. The fourth-order valence-electron chi connectivity index (χ4n) is 2.30. The molecule has 0 spiro atoms. The second-order valence-electron chi connectivity index (χ2n) is 5.89. The molecular weight excluding hydrogens is 376 g/mol. The van der Waals surface area contributed by atoms with Crippen LogP contribution >= 0.6 is 11.6 Å². The molecule has 2 aromatic carbocycles. The molecule has 6 nitrogen and oxygen atoms in total. The molecule has 1 aliphatic rings. The molecule has 0 unspecified atom stereocenters. The van der Waals surface area contributed by atoms with Crippen LogP contribution in [0.25, 0.3) is 0 Å². The van der Waals surface area contributed by atoms with Gasteiger partial charge < -0.3 is 4.74 Å². The third kappa shape index (κ3) is 4.22. The first-order chi connectivity index (χ1) is 12.4. The second-order valence-corrected chi connectivity index (χ2v) is 7.98. The summed E-state index contributed by atoms with van der Waals surface area (Å²) in [7, 11) is -3.79. The van der Waals surface area contributed by atoms with Crippen molar-refractivity contribution in [1.29, 1.82) is 5.26 Å². The fourth-order valence-corrected chi connectivity index (χ4v) is 4.13. The van der Waals surface area contributed by atoms with Gasteiger partial charge in [0.2, 0.25) is 10.0 Å². The number of nitrogens with zero attached hydrogens (tertiary/aromatic N) is 1. The molecule has 2 aromatic rings. The van der Waals surface area contributed by atoms with Crippen LogP contribution in [0.15, 0.2) is 47.4 Å². The molecule has 8 heteroatoms. The summed E-state index contributed by atoms with van der Waals surface area (Å²) in [6.07, 6.45) is 1.58. The van der Waals surface area contributed by atoms with E-state index in [4.69, 9.17) is 21.6 Å². The van der Waals surface area contributed by atoms with Gasteiger partial charge in [-0.05, 0) is 37.1 Å². The van der Waals surface area contributed by atoms with E-state index in [9.17, 15) is 13.2 Å². The summed E-state index contributed by atoms with van der Waals surface area (Å²) in [5.74, 6) is -0.697. The monoisotopic (exact) mass is 390 g/mol. The minimum absolute atomic E-state index is 0.0320. The maximum absolute atomic E-state index is 12.4. The Labute approximate surface area is 156 Å². The summed E-state index contributed by atoms with van der Waals surface area (Å²) in [5, 5.41) is 9.09. The first kappa shape index (κ1) is 18.4. The molecule has 1 saturated carbocycles. The number of nitrogens with one attached hydrogen (secondary N) is 1. The summed E-state index contributed by atoms with van der Waals surface area (Å²) in [6, 6.07) is 12.7. The SMILES string of the molecule is N#Cc1ccccc1COC(=O)c1ccc(Cl)c(S(=O)(=O)NC2CC2)c1. The number of benzene rings is 2. The number of halogens is 1. The number of ether oxygens (including phenoxy) is 1. The average Bonchev–Trinajstić information content (AvgIpc) is 3.43. The van der Waals surface area contributed by atoms with Crippen LogP contribution in [0.1, 0.15) is 34.3 Å². The fraction of sp³-hybridized carbons (Fsp3) is 0.222. The predicted octanol–water partition coefficient (Wildman–Crippen LogP) is 3.01. The van der Waals surface area contributed by atoms with Crippen molar-refractivity contribution >= 4 is 27.6 Å². The Balaban J connectivity index is 1.77. The number of esters is 1. The van der Waals surface area contributed by atoms with E-state index in [-0.39, 0.29) is 28.1 Å². The molecule has 0 amide bonds. The van der Waals surface area contributed by atoms with Crippen molar-refractivity contribution in [3.8, 4) is 6.07 Å². The molecule has 0 aliphatic heterocycles. The third-order valence-corrected chi connectivity index (χ3v) is 5.85. The van der Waals surface area contributed by atoms with Crippen LogP contribution in [-0.4, -0.2) is 20.4 Å². The van der Waals surface area contributed by atoms with Crippen molar-refractivity contribution in [2.75, 3.05) is 0 Å². The lowest BCUT2D eigenvalue weighted by Gasteiger charge is -2.10. The molecular formula is C18H15ClN2O4S. The van der Waals surface area contributed by atoms with Crippen LogP contribution in [0.3, 0.4) is 0 Å². The minimum Gasteiger partial charge on any atom is -0.457 e. The molecule has 0 heterocycles. The predicted molar refractivity (Wildman–Crippen MR) is 95.1 cm³/mol. The Morgan fingerprint density at radius 3 is 2.69 bits per heavy atom. The zero-order valence-corrected chi connectivity index (χ0v) is 15.2. The van der Waals surface area contributed by atoms with E-state index < -0.39 is 16.0 Å². The van der Waals surface area contributed by atoms with Gasteiger partial charge in [0.05, 0.1) is 22.2 Å². The first-order valence-electron chi connectivity index (χ1n) is 7.88. The molecule has 0 atom stereocenters. The van der Waals surface area contributed by atoms with Crippen molar-refractivity contribution in [1.82, 2.24) is 4.72 Å². The molecule has 3 rings (SSSR count). The summed E-state index contributed by atoms with van der Waals surface area (Å²) in [4.78, 5) is 12.1. The molecule has 0 bridgehead atoms. The average molecular weight is 391 g/mol. The van der Waals surface area contributed by atoms with E-state index in [2.05, 4.69) is 4.72 Å². The lowest BCUT2D eigenvalue weighted by Crippen LogP contribution is -2.26. The Morgan fingerprint density at radius 1 is 1.27 bits per heavy atom. The Hall–Kier alpha value is -2.40. The van der Waals surface area contributed by atoms with Gasteiger partial charge in [0.25, 0.3) is 0 Å². The number of nitriles is 1. The van der Waals surface area contributed by atoms with Crippen molar-refractivity contribution in [3.63, 3.8) is 0 Å².